The van der Waals surface area contributed by atoms with E-state index in [4.69, 9.17) is 0 Å². The van der Waals surface area contributed by atoms with E-state index >= 15 is 0 Å². The number of hydrogen-bond acceptors (Lipinski definition) is 2. The summed E-state index contributed by atoms with van der Waals surface area (Å²) in [6, 6.07) is 0. The molecule has 3 rings (SSSR count). The number of nitrogens with zero attached hydrogens (tertiary/aromatic N) is 2. The fourth-order valence-corrected chi connectivity index (χ4v) is 2.52. The molecular formula is C13H14N2. The third-order valence-corrected chi connectivity index (χ3v) is 3.92. The molecule has 0 bridgehead atoms. The van der Waals surface area contributed by atoms with Crippen molar-refractivity contribution in [2.45, 2.75) is 26.3 Å². The first-order chi connectivity index (χ1) is 7.06. The lowest BCUT2D eigenvalue weighted by atomic mass is 9.70. The average molecular weight is 198 g/mol. The van der Waals surface area contributed by atoms with Crippen LogP contribution in [0.3, 0.4) is 0 Å². The number of allylic oxidation sites excluding steroid dienone is 4. The number of hydrogen-bond donors (Lipinski definition) is 0. The van der Waals surface area contributed by atoms with Crippen LogP contribution in [0, 0.1) is 5.41 Å². The largest absolute Gasteiger partial charge is 0.279 e. The maximum atomic E-state index is 4.60. The summed E-state index contributed by atoms with van der Waals surface area (Å²) in [5.41, 5.74) is 3.43. The summed E-state index contributed by atoms with van der Waals surface area (Å²) in [4.78, 5) is 9.13. The zero-order valence-electron chi connectivity index (χ0n) is 9.28. The smallest absolute Gasteiger partial charge is 0.108 e. The van der Waals surface area contributed by atoms with Gasteiger partial charge < -0.3 is 0 Å². The lowest BCUT2D eigenvalue weighted by Gasteiger charge is -2.32. The molecule has 1 aliphatic carbocycles. The van der Waals surface area contributed by atoms with Crippen molar-refractivity contribution in [2.75, 3.05) is 0 Å². The van der Waals surface area contributed by atoms with Gasteiger partial charge in [0.1, 0.15) is 5.54 Å². The second kappa shape index (κ2) is 2.38. The van der Waals surface area contributed by atoms with E-state index in [0.29, 0.717) is 0 Å². The Morgan fingerprint density at radius 1 is 1.20 bits per heavy atom. The van der Waals surface area contributed by atoms with Crippen LogP contribution in [-0.2, 0) is 0 Å². The second-order valence-electron chi connectivity index (χ2n) is 4.85. The third kappa shape index (κ3) is 0.851. The standard InChI is InChI=1S/C13H14N2/c1-9-4-5-10-7-15-12(2)8-14-11(6-9)13(10,12)3/h4-8H,1-3H3. The first-order valence-electron chi connectivity index (χ1n) is 5.28. The summed E-state index contributed by atoms with van der Waals surface area (Å²) in [6.07, 6.45) is 10.4. The molecule has 2 aliphatic heterocycles. The second-order valence-corrected chi connectivity index (χ2v) is 4.85. The van der Waals surface area contributed by atoms with Crippen LogP contribution in [0.25, 0.3) is 0 Å². The fraction of sp³-hybridized carbons (Fsp3) is 0.385. The Labute approximate surface area is 89.8 Å². The third-order valence-electron chi connectivity index (χ3n) is 3.92. The van der Waals surface area contributed by atoms with Crippen LogP contribution in [0.4, 0.5) is 0 Å². The zero-order chi connectivity index (χ0) is 10.7. The van der Waals surface area contributed by atoms with E-state index in [2.05, 4.69) is 49.0 Å². The molecule has 2 heterocycles. The molecule has 0 spiro atoms. The average Bonchev–Trinajstić information content (AvgIpc) is 2.52. The molecule has 2 unspecified atom stereocenters. The summed E-state index contributed by atoms with van der Waals surface area (Å²) in [6.45, 7) is 6.49. The lowest BCUT2D eigenvalue weighted by molar-refractivity contribution is 0.392. The van der Waals surface area contributed by atoms with Gasteiger partial charge >= 0.3 is 0 Å². The van der Waals surface area contributed by atoms with E-state index in [1.807, 2.05) is 12.4 Å². The van der Waals surface area contributed by atoms with Gasteiger partial charge in [-0.15, -0.1) is 0 Å². The first kappa shape index (κ1) is 8.84. The summed E-state index contributed by atoms with van der Waals surface area (Å²) in [5, 5.41) is 0. The predicted octanol–water partition coefficient (Wildman–Crippen LogP) is 2.69. The van der Waals surface area contributed by atoms with Gasteiger partial charge in [0.25, 0.3) is 0 Å². The summed E-state index contributed by atoms with van der Waals surface area (Å²) < 4.78 is 0. The molecule has 0 aromatic heterocycles. The summed E-state index contributed by atoms with van der Waals surface area (Å²) in [7, 11) is 0. The van der Waals surface area contributed by atoms with Gasteiger partial charge in [-0.2, -0.15) is 0 Å². The molecular weight excluding hydrogens is 184 g/mol. The fourth-order valence-electron chi connectivity index (χ4n) is 2.52. The molecule has 0 saturated carbocycles. The molecule has 0 fully saturated rings. The molecule has 3 aliphatic rings. The minimum Gasteiger partial charge on any atom is -0.279 e. The van der Waals surface area contributed by atoms with Gasteiger partial charge in [-0.3, -0.25) is 9.98 Å². The summed E-state index contributed by atoms with van der Waals surface area (Å²) in [5.74, 6) is 0. The normalized spacial score (nSPS) is 40.9. The maximum Gasteiger partial charge on any atom is 0.108 e. The van der Waals surface area contributed by atoms with Crippen LogP contribution in [0.15, 0.2) is 45.1 Å². The minimum absolute atomic E-state index is 0.0543. The quantitative estimate of drug-likeness (QED) is 0.571. The van der Waals surface area contributed by atoms with Crippen molar-refractivity contribution in [1.82, 2.24) is 0 Å². The SMILES string of the molecule is CC1=CC=C2C=NC3(C)C=NC(=C1)C23C. The van der Waals surface area contributed by atoms with Crippen LogP contribution >= 0.6 is 0 Å². The van der Waals surface area contributed by atoms with Gasteiger partial charge in [0.05, 0.1) is 11.1 Å². The van der Waals surface area contributed by atoms with Crippen LogP contribution in [0.2, 0.25) is 0 Å². The van der Waals surface area contributed by atoms with Gasteiger partial charge in [0, 0.05) is 12.4 Å². The molecule has 0 radical (unpaired) electrons. The Kier molecular flexibility index (Phi) is 1.40. The monoisotopic (exact) mass is 198 g/mol. The van der Waals surface area contributed by atoms with Crippen LogP contribution in [0.1, 0.15) is 20.8 Å². The lowest BCUT2D eigenvalue weighted by Crippen LogP contribution is -2.38. The molecule has 0 aromatic rings. The van der Waals surface area contributed by atoms with Crippen LogP contribution < -0.4 is 0 Å². The maximum absolute atomic E-state index is 4.60. The summed E-state index contributed by atoms with van der Waals surface area (Å²) >= 11 is 0. The van der Waals surface area contributed by atoms with E-state index in [0.717, 1.165) is 5.70 Å². The molecule has 0 amide bonds. The molecule has 76 valence electrons. The van der Waals surface area contributed by atoms with Gasteiger partial charge in [0.15, 0.2) is 0 Å². The Balaban J connectivity index is 2.32. The van der Waals surface area contributed by atoms with E-state index in [9.17, 15) is 0 Å². The molecule has 0 aromatic carbocycles. The van der Waals surface area contributed by atoms with Crippen LogP contribution in [0.5, 0.6) is 0 Å². The zero-order valence-corrected chi connectivity index (χ0v) is 9.28. The Hall–Kier alpha value is -1.44. The molecule has 2 heteroatoms. The molecule has 2 atom stereocenters. The van der Waals surface area contributed by atoms with Gasteiger partial charge in [-0.1, -0.05) is 12.2 Å². The van der Waals surface area contributed by atoms with E-state index < -0.39 is 0 Å². The number of aliphatic imine (C=N–C) groups is 2. The van der Waals surface area contributed by atoms with Gasteiger partial charge in [-0.05, 0) is 38.0 Å². The Morgan fingerprint density at radius 3 is 2.80 bits per heavy atom. The minimum atomic E-state index is -0.177. The molecule has 0 saturated heterocycles. The Morgan fingerprint density at radius 2 is 2.00 bits per heavy atom. The van der Waals surface area contributed by atoms with Crippen molar-refractivity contribution in [2.24, 2.45) is 15.4 Å². The molecule has 0 N–H and O–H groups in total. The highest BCUT2D eigenvalue weighted by Gasteiger charge is 2.55. The highest BCUT2D eigenvalue weighted by molar-refractivity contribution is 5.96. The van der Waals surface area contributed by atoms with E-state index in [1.54, 1.807) is 0 Å². The Bertz CT molecular complexity index is 491. The highest BCUT2D eigenvalue weighted by Crippen LogP contribution is 2.54. The van der Waals surface area contributed by atoms with Crippen molar-refractivity contribution in [1.29, 1.82) is 0 Å². The van der Waals surface area contributed by atoms with Crippen molar-refractivity contribution in [3.63, 3.8) is 0 Å². The van der Waals surface area contributed by atoms with Gasteiger partial charge in [0.2, 0.25) is 0 Å². The highest BCUT2D eigenvalue weighted by atomic mass is 15.0. The van der Waals surface area contributed by atoms with Crippen molar-refractivity contribution in [3.05, 3.63) is 35.1 Å². The predicted molar refractivity (Wildman–Crippen MR) is 63.4 cm³/mol. The van der Waals surface area contributed by atoms with E-state index in [-0.39, 0.29) is 11.0 Å². The van der Waals surface area contributed by atoms with Crippen molar-refractivity contribution < 1.29 is 0 Å². The van der Waals surface area contributed by atoms with Crippen LogP contribution in [-0.4, -0.2) is 18.0 Å². The molecule has 15 heavy (non-hydrogen) atoms. The van der Waals surface area contributed by atoms with Crippen molar-refractivity contribution in [3.8, 4) is 0 Å². The first-order valence-corrected chi connectivity index (χ1v) is 5.28. The number of rotatable bonds is 0. The van der Waals surface area contributed by atoms with Crippen molar-refractivity contribution >= 4 is 12.4 Å². The van der Waals surface area contributed by atoms with E-state index in [1.165, 1.54) is 11.1 Å². The van der Waals surface area contributed by atoms with Gasteiger partial charge in [-0.25, -0.2) is 0 Å². The topological polar surface area (TPSA) is 24.7 Å². The molecule has 2 nitrogen and oxygen atoms in total.